The van der Waals surface area contributed by atoms with E-state index in [1.807, 2.05) is 6.07 Å². The molecule has 1 N–H and O–H groups in total. The van der Waals surface area contributed by atoms with Crippen molar-refractivity contribution in [2.45, 2.75) is 6.42 Å². The van der Waals surface area contributed by atoms with Crippen LogP contribution in [0.15, 0.2) is 18.2 Å². The molecule has 0 radical (unpaired) electrons. The topological polar surface area (TPSA) is 45.0 Å². The van der Waals surface area contributed by atoms with E-state index < -0.39 is 5.82 Å². The van der Waals surface area contributed by atoms with Gasteiger partial charge in [0.2, 0.25) is 0 Å². The Hall–Kier alpha value is -1.44. The number of rotatable bonds is 6. The second-order valence-electron chi connectivity index (χ2n) is 3.42. The zero-order chi connectivity index (χ0) is 11.8. The van der Waals surface area contributed by atoms with Crippen molar-refractivity contribution in [2.75, 3.05) is 26.8 Å². The number of hydrogen-bond acceptors (Lipinski definition) is 3. The molecule has 0 aromatic heterocycles. The first-order chi connectivity index (χ1) is 7.77. The van der Waals surface area contributed by atoms with E-state index in [-0.39, 0.29) is 5.56 Å². The molecular weight excluding hydrogens is 207 g/mol. The van der Waals surface area contributed by atoms with Gasteiger partial charge in [-0.3, -0.25) is 0 Å². The molecule has 1 rings (SSSR count). The first-order valence-electron chi connectivity index (χ1n) is 5.16. The highest BCUT2D eigenvalue weighted by atomic mass is 19.1. The highest BCUT2D eigenvalue weighted by Crippen LogP contribution is 2.09. The molecular formula is C12H15FN2O. The summed E-state index contributed by atoms with van der Waals surface area (Å²) in [6.45, 7) is 2.26. The molecule has 86 valence electrons. The Morgan fingerprint density at radius 1 is 1.44 bits per heavy atom. The van der Waals surface area contributed by atoms with Crippen molar-refractivity contribution in [3.05, 3.63) is 35.1 Å². The number of nitrogens with one attached hydrogen (secondary N) is 1. The van der Waals surface area contributed by atoms with Crippen LogP contribution in [0.2, 0.25) is 0 Å². The van der Waals surface area contributed by atoms with Crippen LogP contribution in [0.5, 0.6) is 0 Å². The number of hydrogen-bond donors (Lipinski definition) is 1. The maximum atomic E-state index is 13.0. The van der Waals surface area contributed by atoms with Gasteiger partial charge in [0.1, 0.15) is 11.9 Å². The average Bonchev–Trinajstić information content (AvgIpc) is 2.31. The lowest BCUT2D eigenvalue weighted by molar-refractivity contribution is 0.199. The fourth-order valence-electron chi connectivity index (χ4n) is 1.35. The highest BCUT2D eigenvalue weighted by molar-refractivity contribution is 5.34. The molecule has 0 heterocycles. The average molecular weight is 222 g/mol. The lowest BCUT2D eigenvalue weighted by Crippen LogP contribution is -2.21. The van der Waals surface area contributed by atoms with Crippen LogP contribution in [0.3, 0.4) is 0 Å². The number of benzene rings is 1. The zero-order valence-electron chi connectivity index (χ0n) is 9.29. The lowest BCUT2D eigenvalue weighted by atomic mass is 10.1. The smallest absolute Gasteiger partial charge is 0.140 e. The summed E-state index contributed by atoms with van der Waals surface area (Å²) in [5.41, 5.74) is 1.07. The van der Waals surface area contributed by atoms with Gasteiger partial charge in [-0.25, -0.2) is 4.39 Å². The molecule has 0 fully saturated rings. The summed E-state index contributed by atoms with van der Waals surface area (Å²) in [6.07, 6.45) is 0.776. The first kappa shape index (κ1) is 12.6. The molecule has 0 bridgehead atoms. The fraction of sp³-hybridized carbons (Fsp3) is 0.417. The summed E-state index contributed by atoms with van der Waals surface area (Å²) in [6, 6.07) is 6.46. The van der Waals surface area contributed by atoms with E-state index in [4.69, 9.17) is 10.00 Å². The monoisotopic (exact) mass is 222 g/mol. The number of nitriles is 1. The molecule has 3 nitrogen and oxygen atoms in total. The third kappa shape index (κ3) is 3.97. The minimum absolute atomic E-state index is 0.106. The molecule has 0 spiro atoms. The van der Waals surface area contributed by atoms with Crippen molar-refractivity contribution >= 4 is 0 Å². The second-order valence-corrected chi connectivity index (χ2v) is 3.42. The van der Waals surface area contributed by atoms with Crippen LogP contribution in [-0.4, -0.2) is 26.8 Å². The number of nitrogens with zero attached hydrogens (tertiary/aromatic N) is 1. The van der Waals surface area contributed by atoms with E-state index in [0.717, 1.165) is 25.1 Å². The minimum atomic E-state index is -0.460. The fourth-order valence-corrected chi connectivity index (χ4v) is 1.35. The van der Waals surface area contributed by atoms with Gasteiger partial charge in [0, 0.05) is 13.7 Å². The molecule has 16 heavy (non-hydrogen) atoms. The Bertz CT molecular complexity index is 374. The van der Waals surface area contributed by atoms with Gasteiger partial charge >= 0.3 is 0 Å². The highest BCUT2D eigenvalue weighted by Gasteiger charge is 2.02. The molecule has 1 aromatic carbocycles. The van der Waals surface area contributed by atoms with Crippen LogP contribution in [0.4, 0.5) is 4.39 Å². The Morgan fingerprint density at radius 3 is 2.94 bits per heavy atom. The number of ether oxygens (including phenoxy) is 1. The normalized spacial score (nSPS) is 10.1. The summed E-state index contributed by atoms with van der Waals surface area (Å²) >= 11 is 0. The van der Waals surface area contributed by atoms with E-state index in [9.17, 15) is 4.39 Å². The second kappa shape index (κ2) is 6.94. The Kier molecular flexibility index (Phi) is 5.48. The molecule has 0 saturated carbocycles. The van der Waals surface area contributed by atoms with Crippen LogP contribution >= 0.6 is 0 Å². The van der Waals surface area contributed by atoms with Crippen LogP contribution in [0, 0.1) is 17.1 Å². The predicted octanol–water partition coefficient (Wildman–Crippen LogP) is 1.48. The van der Waals surface area contributed by atoms with E-state index >= 15 is 0 Å². The Labute approximate surface area is 94.8 Å². The standard InChI is InChI=1S/C12H15FN2O/c1-16-7-6-15-5-4-10-2-3-12(13)11(8-10)9-14/h2-3,8,15H,4-7H2,1H3. The van der Waals surface area contributed by atoms with E-state index in [2.05, 4.69) is 5.32 Å². The van der Waals surface area contributed by atoms with E-state index in [0.29, 0.717) is 6.61 Å². The molecule has 0 aliphatic rings. The van der Waals surface area contributed by atoms with Gasteiger partial charge in [0.15, 0.2) is 0 Å². The van der Waals surface area contributed by atoms with Crippen LogP contribution < -0.4 is 5.32 Å². The number of methoxy groups -OCH3 is 1. The van der Waals surface area contributed by atoms with Crippen molar-refractivity contribution in [2.24, 2.45) is 0 Å². The molecule has 4 heteroatoms. The Morgan fingerprint density at radius 2 is 2.25 bits per heavy atom. The molecule has 0 aliphatic heterocycles. The SMILES string of the molecule is COCCNCCc1ccc(F)c(C#N)c1. The van der Waals surface area contributed by atoms with Crippen molar-refractivity contribution in [3.63, 3.8) is 0 Å². The largest absolute Gasteiger partial charge is 0.383 e. The summed E-state index contributed by atoms with van der Waals surface area (Å²) in [4.78, 5) is 0. The summed E-state index contributed by atoms with van der Waals surface area (Å²) in [7, 11) is 1.65. The maximum Gasteiger partial charge on any atom is 0.140 e. The van der Waals surface area contributed by atoms with Gasteiger partial charge in [-0.1, -0.05) is 6.07 Å². The van der Waals surface area contributed by atoms with E-state index in [1.165, 1.54) is 6.07 Å². The van der Waals surface area contributed by atoms with Crippen molar-refractivity contribution < 1.29 is 9.13 Å². The van der Waals surface area contributed by atoms with Gasteiger partial charge in [-0.15, -0.1) is 0 Å². The molecule has 0 saturated heterocycles. The van der Waals surface area contributed by atoms with Crippen molar-refractivity contribution in [3.8, 4) is 6.07 Å². The molecule has 0 atom stereocenters. The van der Waals surface area contributed by atoms with Gasteiger partial charge in [0.25, 0.3) is 0 Å². The third-order valence-electron chi connectivity index (χ3n) is 2.22. The number of halogens is 1. The maximum absolute atomic E-state index is 13.0. The molecule has 0 unspecified atom stereocenters. The molecule has 0 aliphatic carbocycles. The third-order valence-corrected chi connectivity index (χ3v) is 2.22. The van der Waals surface area contributed by atoms with Crippen molar-refractivity contribution in [1.82, 2.24) is 5.32 Å². The predicted molar refractivity (Wildman–Crippen MR) is 59.6 cm³/mol. The van der Waals surface area contributed by atoms with Crippen molar-refractivity contribution in [1.29, 1.82) is 5.26 Å². The quantitative estimate of drug-likeness (QED) is 0.741. The first-order valence-corrected chi connectivity index (χ1v) is 5.16. The van der Waals surface area contributed by atoms with Crippen LogP contribution in [0.25, 0.3) is 0 Å². The van der Waals surface area contributed by atoms with E-state index in [1.54, 1.807) is 19.2 Å². The lowest BCUT2D eigenvalue weighted by Gasteiger charge is -2.04. The summed E-state index contributed by atoms with van der Waals surface area (Å²) < 4.78 is 17.9. The van der Waals surface area contributed by atoms with Gasteiger partial charge in [-0.05, 0) is 30.7 Å². The molecule has 0 amide bonds. The van der Waals surface area contributed by atoms with Gasteiger partial charge < -0.3 is 10.1 Å². The molecule has 1 aromatic rings. The summed E-state index contributed by atoms with van der Waals surface area (Å²) in [5.74, 6) is -0.460. The van der Waals surface area contributed by atoms with Gasteiger partial charge in [-0.2, -0.15) is 5.26 Å². The van der Waals surface area contributed by atoms with Gasteiger partial charge in [0.05, 0.1) is 12.2 Å². The van der Waals surface area contributed by atoms with Crippen LogP contribution in [-0.2, 0) is 11.2 Å². The minimum Gasteiger partial charge on any atom is -0.383 e. The zero-order valence-corrected chi connectivity index (χ0v) is 9.29. The summed E-state index contributed by atoms with van der Waals surface area (Å²) in [5, 5.41) is 11.8. The Balaban J connectivity index is 2.40. The van der Waals surface area contributed by atoms with Crippen LogP contribution in [0.1, 0.15) is 11.1 Å².